The Morgan fingerprint density at radius 1 is 1.38 bits per heavy atom. The van der Waals surface area contributed by atoms with Crippen LogP contribution in [0.25, 0.3) is 0 Å². The van der Waals surface area contributed by atoms with Gasteiger partial charge in [0.2, 0.25) is 11.8 Å². The van der Waals surface area contributed by atoms with Crippen molar-refractivity contribution in [3.63, 3.8) is 0 Å². The molecule has 2 amide bonds. The van der Waals surface area contributed by atoms with Crippen molar-refractivity contribution in [3.05, 3.63) is 24.5 Å². The average Bonchev–Trinajstić information content (AvgIpc) is 2.60. The highest BCUT2D eigenvalue weighted by molar-refractivity contribution is 5.83. The molecule has 7 heteroatoms. The molecule has 0 bridgehead atoms. The van der Waals surface area contributed by atoms with Crippen LogP contribution in [0.2, 0.25) is 0 Å². The molecule has 2 aliphatic rings. The SMILES string of the molecule is CC(=O)NCC(=O)N1CCO[C@@]2(CCCN(c3cccnc3)C2)C1. The summed E-state index contributed by atoms with van der Waals surface area (Å²) < 4.78 is 6.12. The second kappa shape index (κ2) is 7.17. The Morgan fingerprint density at radius 2 is 2.25 bits per heavy atom. The first kappa shape index (κ1) is 16.7. The maximum absolute atomic E-state index is 12.3. The van der Waals surface area contributed by atoms with Crippen LogP contribution in [0, 0.1) is 0 Å². The monoisotopic (exact) mass is 332 g/mol. The third-order valence-corrected chi connectivity index (χ3v) is 4.64. The van der Waals surface area contributed by atoms with E-state index in [0.29, 0.717) is 19.7 Å². The highest BCUT2D eigenvalue weighted by Crippen LogP contribution is 2.31. The number of pyridine rings is 1. The summed E-state index contributed by atoms with van der Waals surface area (Å²) in [5.74, 6) is -0.238. The van der Waals surface area contributed by atoms with Gasteiger partial charge in [-0.15, -0.1) is 0 Å². The Hall–Kier alpha value is -2.15. The second-order valence-electron chi connectivity index (χ2n) is 6.49. The van der Waals surface area contributed by atoms with Crippen LogP contribution in [0.15, 0.2) is 24.5 Å². The second-order valence-corrected chi connectivity index (χ2v) is 6.49. The van der Waals surface area contributed by atoms with Gasteiger partial charge in [0, 0.05) is 32.8 Å². The standard InChI is InChI=1S/C17H24N4O3/c1-14(22)19-11-16(23)21-8-9-24-17(13-21)5-3-7-20(12-17)15-4-2-6-18-10-15/h2,4,6,10H,3,5,7-9,11-13H2,1H3,(H,19,22)/t17-/m1/s1. The molecule has 0 saturated carbocycles. The van der Waals surface area contributed by atoms with E-state index in [0.717, 1.165) is 31.6 Å². The molecular weight excluding hydrogens is 308 g/mol. The van der Waals surface area contributed by atoms with Gasteiger partial charge in [-0.1, -0.05) is 0 Å². The van der Waals surface area contributed by atoms with Crippen LogP contribution in [0.5, 0.6) is 0 Å². The Bertz CT molecular complexity index is 591. The zero-order valence-electron chi connectivity index (χ0n) is 14.0. The number of amides is 2. The van der Waals surface area contributed by atoms with E-state index in [1.54, 1.807) is 6.20 Å². The maximum atomic E-state index is 12.3. The number of rotatable bonds is 3. The van der Waals surface area contributed by atoms with Crippen molar-refractivity contribution in [1.29, 1.82) is 0 Å². The lowest BCUT2D eigenvalue weighted by atomic mass is 9.90. The Labute approximate surface area is 142 Å². The van der Waals surface area contributed by atoms with Gasteiger partial charge in [0.1, 0.15) is 5.60 Å². The van der Waals surface area contributed by atoms with Crippen LogP contribution in [0.3, 0.4) is 0 Å². The smallest absolute Gasteiger partial charge is 0.242 e. The number of aromatic nitrogens is 1. The number of hydrogen-bond acceptors (Lipinski definition) is 5. The van der Waals surface area contributed by atoms with Crippen molar-refractivity contribution in [1.82, 2.24) is 15.2 Å². The van der Waals surface area contributed by atoms with Crippen LogP contribution < -0.4 is 10.2 Å². The summed E-state index contributed by atoms with van der Waals surface area (Å²) >= 11 is 0. The summed E-state index contributed by atoms with van der Waals surface area (Å²) in [6, 6.07) is 3.98. The van der Waals surface area contributed by atoms with Gasteiger partial charge in [0.25, 0.3) is 0 Å². The van der Waals surface area contributed by atoms with Crippen molar-refractivity contribution >= 4 is 17.5 Å². The molecular formula is C17H24N4O3. The molecule has 0 unspecified atom stereocenters. The van der Waals surface area contributed by atoms with E-state index in [9.17, 15) is 9.59 Å². The lowest BCUT2D eigenvalue weighted by Crippen LogP contribution is -2.61. The largest absolute Gasteiger partial charge is 0.369 e. The number of nitrogens with zero attached hydrogens (tertiary/aromatic N) is 3. The van der Waals surface area contributed by atoms with E-state index in [1.807, 2.05) is 17.2 Å². The molecule has 2 aliphatic heterocycles. The van der Waals surface area contributed by atoms with E-state index >= 15 is 0 Å². The quantitative estimate of drug-likeness (QED) is 0.868. The summed E-state index contributed by atoms with van der Waals surface area (Å²) in [5.41, 5.74) is 0.750. The Balaban J connectivity index is 1.66. The molecule has 1 aromatic rings. The molecule has 1 atom stereocenters. The Morgan fingerprint density at radius 3 is 3.00 bits per heavy atom. The molecule has 3 rings (SSSR count). The van der Waals surface area contributed by atoms with Crippen LogP contribution in [0.4, 0.5) is 5.69 Å². The molecule has 0 aromatic carbocycles. The van der Waals surface area contributed by atoms with E-state index in [1.165, 1.54) is 6.92 Å². The van der Waals surface area contributed by atoms with Gasteiger partial charge in [0.15, 0.2) is 0 Å². The van der Waals surface area contributed by atoms with Crippen molar-refractivity contribution in [2.45, 2.75) is 25.4 Å². The average molecular weight is 332 g/mol. The molecule has 24 heavy (non-hydrogen) atoms. The van der Waals surface area contributed by atoms with Crippen LogP contribution in [0.1, 0.15) is 19.8 Å². The van der Waals surface area contributed by atoms with E-state index < -0.39 is 0 Å². The first-order valence-electron chi connectivity index (χ1n) is 8.39. The number of hydrogen-bond donors (Lipinski definition) is 1. The van der Waals surface area contributed by atoms with E-state index in [2.05, 4.69) is 21.3 Å². The van der Waals surface area contributed by atoms with Crippen molar-refractivity contribution in [3.8, 4) is 0 Å². The first-order valence-corrected chi connectivity index (χ1v) is 8.39. The minimum absolute atomic E-state index is 0.0497. The molecule has 2 saturated heterocycles. The molecule has 7 nitrogen and oxygen atoms in total. The van der Waals surface area contributed by atoms with Gasteiger partial charge in [0.05, 0.1) is 31.6 Å². The van der Waals surface area contributed by atoms with E-state index in [-0.39, 0.29) is 24.0 Å². The lowest BCUT2D eigenvalue weighted by Gasteiger charge is -2.48. The third-order valence-electron chi connectivity index (χ3n) is 4.64. The minimum Gasteiger partial charge on any atom is -0.369 e. The van der Waals surface area contributed by atoms with Gasteiger partial charge < -0.3 is 19.9 Å². The van der Waals surface area contributed by atoms with Gasteiger partial charge >= 0.3 is 0 Å². The fourth-order valence-corrected chi connectivity index (χ4v) is 3.48. The van der Waals surface area contributed by atoms with Gasteiger partial charge in [-0.3, -0.25) is 14.6 Å². The summed E-state index contributed by atoms with van der Waals surface area (Å²) in [4.78, 5) is 31.6. The zero-order valence-corrected chi connectivity index (χ0v) is 14.0. The normalized spacial score (nSPS) is 24.0. The van der Waals surface area contributed by atoms with E-state index in [4.69, 9.17) is 4.74 Å². The fraction of sp³-hybridized carbons (Fsp3) is 0.588. The maximum Gasteiger partial charge on any atom is 0.242 e. The van der Waals surface area contributed by atoms with Gasteiger partial charge in [-0.2, -0.15) is 0 Å². The fourth-order valence-electron chi connectivity index (χ4n) is 3.48. The molecule has 1 spiro atoms. The van der Waals surface area contributed by atoms with Gasteiger partial charge in [-0.25, -0.2) is 0 Å². The third kappa shape index (κ3) is 3.84. The number of carbonyl (C=O) groups excluding carboxylic acids is 2. The summed E-state index contributed by atoms with van der Waals surface area (Å²) in [7, 11) is 0. The number of morpholine rings is 1. The molecule has 0 aliphatic carbocycles. The highest BCUT2D eigenvalue weighted by Gasteiger charge is 2.41. The predicted molar refractivity (Wildman–Crippen MR) is 89.6 cm³/mol. The predicted octanol–water partition coefficient (Wildman–Crippen LogP) is 0.416. The number of anilines is 1. The first-order chi connectivity index (χ1) is 11.6. The highest BCUT2D eigenvalue weighted by atomic mass is 16.5. The zero-order chi connectivity index (χ0) is 17.0. The van der Waals surface area contributed by atoms with Crippen LogP contribution in [-0.2, 0) is 14.3 Å². The lowest BCUT2D eigenvalue weighted by molar-refractivity contribution is -0.151. The molecule has 1 aromatic heterocycles. The summed E-state index contributed by atoms with van der Waals surface area (Å²) in [5, 5.41) is 2.58. The van der Waals surface area contributed by atoms with Crippen LogP contribution in [-0.4, -0.2) is 66.6 Å². The number of piperidine rings is 1. The summed E-state index contributed by atoms with van der Waals surface area (Å²) in [6.07, 6.45) is 5.58. The van der Waals surface area contributed by atoms with Gasteiger partial charge in [-0.05, 0) is 25.0 Å². The topological polar surface area (TPSA) is 74.8 Å². The Kier molecular flexibility index (Phi) is 4.99. The number of nitrogens with one attached hydrogen (secondary N) is 1. The molecule has 0 radical (unpaired) electrons. The van der Waals surface area contributed by atoms with Crippen molar-refractivity contribution < 1.29 is 14.3 Å². The van der Waals surface area contributed by atoms with Crippen molar-refractivity contribution in [2.24, 2.45) is 0 Å². The minimum atomic E-state index is -0.335. The molecule has 2 fully saturated rings. The summed E-state index contributed by atoms with van der Waals surface area (Å²) in [6.45, 7) is 4.87. The molecule has 1 N–H and O–H groups in total. The molecule has 3 heterocycles. The van der Waals surface area contributed by atoms with Crippen molar-refractivity contribution in [2.75, 3.05) is 44.2 Å². The number of ether oxygens (including phenoxy) is 1. The number of carbonyl (C=O) groups is 2. The molecule has 130 valence electrons. The van der Waals surface area contributed by atoms with Crippen LogP contribution >= 0.6 is 0 Å².